The van der Waals surface area contributed by atoms with Gasteiger partial charge in [-0.2, -0.15) is 0 Å². The summed E-state index contributed by atoms with van der Waals surface area (Å²) in [7, 11) is 0. The van der Waals surface area contributed by atoms with E-state index in [0.717, 1.165) is 0 Å². The Hall–Kier alpha value is -0.410. The third-order valence-corrected chi connectivity index (χ3v) is 3.50. The van der Waals surface area contributed by atoms with E-state index in [4.69, 9.17) is 9.47 Å². The second-order valence-corrected chi connectivity index (χ2v) is 4.16. The second kappa shape index (κ2) is 1.91. The van der Waals surface area contributed by atoms with Gasteiger partial charge in [0.2, 0.25) is 0 Å². The largest absolute Gasteiger partial charge is 0.364 e. The summed E-state index contributed by atoms with van der Waals surface area (Å²) in [5.41, 5.74) is 0. The van der Waals surface area contributed by atoms with Gasteiger partial charge in [0.1, 0.15) is 12.2 Å². The Morgan fingerprint density at radius 2 is 1.67 bits per heavy atom. The van der Waals surface area contributed by atoms with Crippen LogP contribution in [0.1, 0.15) is 13.8 Å². The minimum Gasteiger partial charge on any atom is -0.364 e. The van der Waals surface area contributed by atoms with Crippen LogP contribution in [0, 0.1) is 11.8 Å². The summed E-state index contributed by atoms with van der Waals surface area (Å²) in [6.45, 7) is 4.15. The van der Waals surface area contributed by atoms with Crippen LogP contribution >= 0.6 is 0 Å². The van der Waals surface area contributed by atoms with Gasteiger partial charge in [-0.25, -0.2) is 0 Å². The summed E-state index contributed by atoms with van der Waals surface area (Å²) >= 11 is 0. The Bertz CT molecular complexity index is 244. The van der Waals surface area contributed by atoms with E-state index in [0.29, 0.717) is 5.92 Å². The molecule has 4 saturated heterocycles. The molecule has 4 fully saturated rings. The van der Waals surface area contributed by atoms with E-state index in [1.54, 1.807) is 0 Å². The number of carbonyl (C=O) groups excluding carboxylic acids is 1. The maximum absolute atomic E-state index is 11.5. The molecule has 66 valence electrons. The summed E-state index contributed by atoms with van der Waals surface area (Å²) in [4.78, 5) is 11.5. The zero-order valence-corrected chi connectivity index (χ0v) is 7.19. The number of hydrogen-bond donors (Lipinski definition) is 0. The molecule has 3 nitrogen and oxygen atoms in total. The summed E-state index contributed by atoms with van der Waals surface area (Å²) in [6.07, 6.45) is -0.0682. The van der Waals surface area contributed by atoms with Gasteiger partial charge in [-0.15, -0.1) is 0 Å². The Labute approximate surface area is 71.0 Å². The van der Waals surface area contributed by atoms with E-state index < -0.39 is 0 Å². The highest BCUT2D eigenvalue weighted by Gasteiger charge is 2.63. The van der Waals surface area contributed by atoms with Crippen LogP contribution in [0.3, 0.4) is 0 Å². The van der Waals surface area contributed by atoms with Gasteiger partial charge in [-0.05, 0) is 0 Å². The molecule has 0 spiro atoms. The lowest BCUT2D eigenvalue weighted by atomic mass is 9.87. The first-order valence-corrected chi connectivity index (χ1v) is 4.55. The molecule has 0 aromatic carbocycles. The average Bonchev–Trinajstić information content (AvgIpc) is 2.43. The Morgan fingerprint density at radius 1 is 1.00 bits per heavy atom. The van der Waals surface area contributed by atoms with Crippen LogP contribution in [0.4, 0.5) is 0 Å². The standard InChI is InChI=1S/C9H12O3/c1-3-6-4(2)8-9(11-6)5(10)7(3)12-8/h3-4,6-9H,1-2H3/t3-,4+,6-,7-,8-,9+/m1/s1. The van der Waals surface area contributed by atoms with Gasteiger partial charge in [0.15, 0.2) is 5.78 Å². The first-order valence-electron chi connectivity index (χ1n) is 4.55. The fourth-order valence-corrected chi connectivity index (χ4v) is 2.81. The number of carbonyl (C=O) groups is 1. The van der Waals surface area contributed by atoms with Crippen molar-refractivity contribution in [1.29, 1.82) is 0 Å². The Morgan fingerprint density at radius 3 is 2.33 bits per heavy atom. The summed E-state index contributed by atoms with van der Waals surface area (Å²) in [6, 6.07) is 0. The summed E-state index contributed by atoms with van der Waals surface area (Å²) < 4.78 is 11.2. The van der Waals surface area contributed by atoms with Crippen molar-refractivity contribution in [2.45, 2.75) is 38.3 Å². The third kappa shape index (κ3) is 0.559. The molecule has 3 heteroatoms. The highest BCUT2D eigenvalue weighted by atomic mass is 16.6. The molecule has 0 aliphatic carbocycles. The van der Waals surface area contributed by atoms with Gasteiger partial charge in [-0.1, -0.05) is 13.8 Å². The van der Waals surface area contributed by atoms with Crippen LogP contribution in [0.5, 0.6) is 0 Å². The molecular formula is C9H12O3. The lowest BCUT2D eigenvalue weighted by Gasteiger charge is -2.34. The number of hydrogen-bond acceptors (Lipinski definition) is 3. The first kappa shape index (κ1) is 7.04. The van der Waals surface area contributed by atoms with E-state index in [2.05, 4.69) is 6.92 Å². The lowest BCUT2D eigenvalue weighted by Crippen LogP contribution is -2.45. The molecule has 0 amide bonds. The Balaban J connectivity index is 2.06. The molecule has 0 radical (unpaired) electrons. The third-order valence-electron chi connectivity index (χ3n) is 3.50. The predicted octanol–water partition coefficient (Wildman–Crippen LogP) is 0.376. The van der Waals surface area contributed by atoms with Gasteiger partial charge >= 0.3 is 0 Å². The molecular weight excluding hydrogens is 156 g/mol. The molecule has 4 aliphatic rings. The van der Waals surface area contributed by atoms with Crippen LogP contribution in [-0.4, -0.2) is 30.2 Å². The molecule has 0 aromatic heterocycles. The summed E-state index contributed by atoms with van der Waals surface area (Å²) in [5, 5.41) is 0. The van der Waals surface area contributed by atoms with Crippen molar-refractivity contribution in [2.24, 2.45) is 11.8 Å². The summed E-state index contributed by atoms with van der Waals surface area (Å²) in [5.74, 6) is 0.822. The van der Waals surface area contributed by atoms with Crippen molar-refractivity contribution in [3.8, 4) is 0 Å². The minimum absolute atomic E-state index is 0.0590. The molecule has 4 aliphatic heterocycles. The quantitative estimate of drug-likeness (QED) is 0.524. The molecule has 0 saturated carbocycles. The van der Waals surface area contributed by atoms with E-state index >= 15 is 0 Å². The monoisotopic (exact) mass is 168 g/mol. The molecule has 12 heavy (non-hydrogen) atoms. The van der Waals surface area contributed by atoms with Gasteiger partial charge < -0.3 is 9.47 Å². The predicted molar refractivity (Wildman–Crippen MR) is 40.7 cm³/mol. The van der Waals surface area contributed by atoms with Gasteiger partial charge in [0.25, 0.3) is 0 Å². The lowest BCUT2D eigenvalue weighted by molar-refractivity contribution is -0.151. The minimum atomic E-state index is -0.230. The van der Waals surface area contributed by atoms with Crippen LogP contribution in [0.2, 0.25) is 0 Å². The Kier molecular flexibility index (Phi) is 1.12. The van der Waals surface area contributed by atoms with E-state index in [9.17, 15) is 4.79 Å². The molecule has 4 heterocycles. The number of Topliss-reactive ketones (excluding diaryl/α,β-unsaturated/α-hetero) is 1. The zero-order valence-electron chi connectivity index (χ0n) is 7.19. The van der Waals surface area contributed by atoms with Crippen LogP contribution in [0.25, 0.3) is 0 Å². The molecule has 4 bridgehead atoms. The molecule has 6 atom stereocenters. The van der Waals surface area contributed by atoms with Crippen LogP contribution in [0.15, 0.2) is 0 Å². The van der Waals surface area contributed by atoms with Gasteiger partial charge in [0.05, 0.1) is 12.2 Å². The van der Waals surface area contributed by atoms with E-state index in [1.807, 2.05) is 6.92 Å². The zero-order chi connectivity index (χ0) is 8.46. The normalized spacial score (nSPS) is 61.7. The van der Waals surface area contributed by atoms with E-state index in [1.165, 1.54) is 0 Å². The van der Waals surface area contributed by atoms with Crippen molar-refractivity contribution >= 4 is 5.78 Å². The first-order chi connectivity index (χ1) is 5.70. The second-order valence-electron chi connectivity index (χ2n) is 4.16. The smallest absolute Gasteiger partial charge is 0.193 e. The molecule has 4 rings (SSSR count). The number of rotatable bonds is 0. The van der Waals surface area contributed by atoms with Crippen molar-refractivity contribution in [2.75, 3.05) is 0 Å². The maximum atomic E-state index is 11.5. The topological polar surface area (TPSA) is 35.5 Å². The van der Waals surface area contributed by atoms with Crippen molar-refractivity contribution in [3.63, 3.8) is 0 Å². The SMILES string of the molecule is C[C@@H]1[C@H]2O[C@H]3C(=O)[C@@H]1O[C@@H]3[C@H]2C. The average molecular weight is 168 g/mol. The fourth-order valence-electron chi connectivity index (χ4n) is 2.81. The molecule has 0 unspecified atom stereocenters. The van der Waals surface area contributed by atoms with Gasteiger partial charge in [-0.3, -0.25) is 4.79 Å². The van der Waals surface area contributed by atoms with Gasteiger partial charge in [0, 0.05) is 11.8 Å². The fraction of sp³-hybridized carbons (Fsp3) is 0.889. The highest BCUT2D eigenvalue weighted by Crippen LogP contribution is 2.47. The molecule has 0 N–H and O–H groups in total. The van der Waals surface area contributed by atoms with E-state index in [-0.39, 0.29) is 36.1 Å². The van der Waals surface area contributed by atoms with Crippen LogP contribution < -0.4 is 0 Å². The number of ether oxygens (including phenoxy) is 2. The van der Waals surface area contributed by atoms with Crippen LogP contribution in [-0.2, 0) is 14.3 Å². The van der Waals surface area contributed by atoms with Crippen molar-refractivity contribution in [1.82, 2.24) is 0 Å². The van der Waals surface area contributed by atoms with Crippen molar-refractivity contribution < 1.29 is 14.3 Å². The van der Waals surface area contributed by atoms with Crippen molar-refractivity contribution in [3.05, 3.63) is 0 Å². The highest BCUT2D eigenvalue weighted by molar-refractivity contribution is 5.91. The molecule has 0 aromatic rings. The maximum Gasteiger partial charge on any atom is 0.193 e. The number of ketones is 1.